The first kappa shape index (κ1) is 20.4. The summed E-state index contributed by atoms with van der Waals surface area (Å²) in [5, 5.41) is 9.17. The first-order chi connectivity index (χ1) is 11.2. The number of rotatable bonds is 1. The van der Waals surface area contributed by atoms with Crippen LogP contribution in [0.5, 0.6) is 0 Å². The van der Waals surface area contributed by atoms with E-state index < -0.39 is 23.4 Å². The van der Waals surface area contributed by atoms with Crippen LogP contribution in [0, 0.1) is 25.2 Å². The van der Waals surface area contributed by atoms with Gasteiger partial charge in [0.15, 0.2) is 0 Å². The van der Waals surface area contributed by atoms with Gasteiger partial charge in [0.25, 0.3) is 0 Å². The van der Waals surface area contributed by atoms with E-state index in [2.05, 4.69) is 11.1 Å². The van der Waals surface area contributed by atoms with Crippen molar-refractivity contribution in [1.82, 2.24) is 4.98 Å². The van der Waals surface area contributed by atoms with E-state index >= 15 is 0 Å². The molecule has 1 aromatic heterocycles. The highest BCUT2D eigenvalue weighted by Gasteiger charge is 2.34. The number of pyridine rings is 1. The van der Waals surface area contributed by atoms with Crippen LogP contribution >= 0.6 is 0 Å². The maximum Gasteiger partial charge on any atom is 0.425 e. The molecule has 0 atom stereocenters. The van der Waals surface area contributed by atoms with Crippen LogP contribution in [0.25, 0.3) is 0 Å². The maximum atomic E-state index is 12.6. The van der Waals surface area contributed by atoms with Gasteiger partial charge >= 0.3 is 12.2 Å². The lowest BCUT2D eigenvalue weighted by molar-refractivity contribution is 0.0429. The first-order valence-corrected chi connectivity index (χ1v) is 7.89. The summed E-state index contributed by atoms with van der Waals surface area (Å²) in [7, 11) is 0. The lowest BCUT2D eigenvalue weighted by Crippen LogP contribution is -2.44. The van der Waals surface area contributed by atoms with Crippen molar-refractivity contribution in [2.45, 2.75) is 66.6 Å². The van der Waals surface area contributed by atoms with Gasteiger partial charge in [-0.2, -0.15) is 10.2 Å². The number of nitrogens with zero attached hydrogens (tertiary/aromatic N) is 3. The molecule has 1 heterocycles. The first-order valence-electron chi connectivity index (χ1n) is 7.89. The van der Waals surface area contributed by atoms with Gasteiger partial charge < -0.3 is 9.47 Å². The predicted octanol–water partition coefficient (Wildman–Crippen LogP) is 4.25. The van der Waals surface area contributed by atoms with Crippen LogP contribution in [-0.4, -0.2) is 28.4 Å². The lowest BCUT2D eigenvalue weighted by Gasteiger charge is -2.28. The Kier molecular flexibility index (Phi) is 5.80. The Morgan fingerprint density at radius 2 is 1.48 bits per heavy atom. The summed E-state index contributed by atoms with van der Waals surface area (Å²) in [5.41, 5.74) is -0.184. The quantitative estimate of drug-likeness (QED) is 0.754. The normalized spacial score (nSPS) is 11.5. The summed E-state index contributed by atoms with van der Waals surface area (Å²) in [4.78, 5) is 30.1. The average Bonchev–Trinajstić information content (AvgIpc) is 2.33. The van der Waals surface area contributed by atoms with E-state index in [0.29, 0.717) is 16.8 Å². The van der Waals surface area contributed by atoms with Crippen LogP contribution in [-0.2, 0) is 9.47 Å². The summed E-state index contributed by atoms with van der Waals surface area (Å²) in [6.07, 6.45) is -1.78. The number of nitriles is 1. The van der Waals surface area contributed by atoms with Gasteiger partial charge in [-0.25, -0.2) is 14.6 Å². The van der Waals surface area contributed by atoms with Crippen molar-refractivity contribution in [2.24, 2.45) is 0 Å². The third-order valence-corrected chi connectivity index (χ3v) is 2.88. The molecule has 7 heteroatoms. The van der Waals surface area contributed by atoms with E-state index in [1.54, 1.807) is 55.4 Å². The second kappa shape index (κ2) is 7.09. The number of hydrogen-bond acceptors (Lipinski definition) is 6. The van der Waals surface area contributed by atoms with Gasteiger partial charge in [0.1, 0.15) is 23.1 Å². The number of amides is 2. The van der Waals surface area contributed by atoms with Crippen LogP contribution in [0.2, 0.25) is 0 Å². The van der Waals surface area contributed by atoms with Crippen LogP contribution in [0.1, 0.15) is 58.4 Å². The third-order valence-electron chi connectivity index (χ3n) is 2.88. The molecule has 136 valence electrons. The minimum absolute atomic E-state index is 0.0532. The second-order valence-electron chi connectivity index (χ2n) is 7.67. The Balaban J connectivity index is 3.39. The van der Waals surface area contributed by atoms with E-state index in [1.807, 2.05) is 0 Å². The molecule has 1 aromatic rings. The smallest absolute Gasteiger partial charge is 0.425 e. The molecule has 0 saturated carbocycles. The molecule has 2 amide bonds. The molecule has 0 fully saturated rings. The topological polar surface area (TPSA) is 92.5 Å². The Morgan fingerprint density at radius 3 is 1.80 bits per heavy atom. The minimum Gasteiger partial charge on any atom is -0.443 e. The number of aromatic nitrogens is 1. The number of imide groups is 1. The fourth-order valence-corrected chi connectivity index (χ4v) is 1.97. The van der Waals surface area contributed by atoms with Gasteiger partial charge in [-0.05, 0) is 67.0 Å². The van der Waals surface area contributed by atoms with Crippen LogP contribution < -0.4 is 4.90 Å². The number of carbonyl (C=O) groups excluding carboxylic acids is 2. The zero-order valence-electron chi connectivity index (χ0n) is 16.1. The van der Waals surface area contributed by atoms with Gasteiger partial charge in [-0.3, -0.25) is 0 Å². The summed E-state index contributed by atoms with van der Waals surface area (Å²) in [5.74, 6) is 0.0532. The van der Waals surface area contributed by atoms with Gasteiger partial charge in [0.2, 0.25) is 0 Å². The number of aryl methyl sites for hydroxylation is 2. The second-order valence-corrected chi connectivity index (χ2v) is 7.67. The molecule has 7 nitrogen and oxygen atoms in total. The Labute approximate surface area is 148 Å². The number of anilines is 1. The Morgan fingerprint density at radius 1 is 1.04 bits per heavy atom. The predicted molar refractivity (Wildman–Crippen MR) is 93.4 cm³/mol. The molecule has 0 unspecified atom stereocenters. The van der Waals surface area contributed by atoms with E-state index in [4.69, 9.17) is 14.7 Å². The average molecular weight is 347 g/mol. The third kappa shape index (κ3) is 5.75. The molecule has 1 rings (SSSR count). The summed E-state index contributed by atoms with van der Waals surface area (Å²) >= 11 is 0. The monoisotopic (exact) mass is 347 g/mol. The number of ether oxygens (including phenoxy) is 2. The Hall–Kier alpha value is -2.62. The fourth-order valence-electron chi connectivity index (χ4n) is 1.97. The summed E-state index contributed by atoms with van der Waals surface area (Å²) in [6, 6.07) is 3.54. The van der Waals surface area contributed by atoms with Crippen molar-refractivity contribution in [3.8, 4) is 6.07 Å². The standard InChI is InChI=1S/C18H25N3O4/c1-11-9-14(20-12(2)13(11)10-19)21(15(22)24-17(3,4)5)16(23)25-18(6,7)8/h9H,1-8H3. The van der Waals surface area contributed by atoms with Gasteiger partial charge in [0, 0.05) is 0 Å². The van der Waals surface area contributed by atoms with E-state index in [0.717, 1.165) is 4.90 Å². The zero-order chi connectivity index (χ0) is 19.6. The van der Waals surface area contributed by atoms with Crippen LogP contribution in [0.15, 0.2) is 6.07 Å². The molecule has 0 bridgehead atoms. The fraction of sp³-hybridized carbons (Fsp3) is 0.556. The van der Waals surface area contributed by atoms with Crippen molar-refractivity contribution in [2.75, 3.05) is 4.90 Å². The minimum atomic E-state index is -0.891. The van der Waals surface area contributed by atoms with Crippen LogP contribution in [0.3, 0.4) is 0 Å². The van der Waals surface area contributed by atoms with Gasteiger partial charge in [-0.1, -0.05) is 0 Å². The summed E-state index contributed by atoms with van der Waals surface area (Å²) in [6.45, 7) is 13.5. The summed E-state index contributed by atoms with van der Waals surface area (Å²) < 4.78 is 10.6. The molecular weight excluding hydrogens is 322 g/mol. The van der Waals surface area contributed by atoms with E-state index in [-0.39, 0.29) is 5.82 Å². The van der Waals surface area contributed by atoms with Gasteiger partial charge in [-0.15, -0.1) is 0 Å². The number of carbonyl (C=O) groups is 2. The molecule has 0 saturated heterocycles. The zero-order valence-corrected chi connectivity index (χ0v) is 16.1. The highest BCUT2D eigenvalue weighted by molar-refractivity contribution is 6.08. The molecular formula is C18H25N3O4. The molecule has 0 radical (unpaired) electrons. The van der Waals surface area contributed by atoms with Crippen LogP contribution in [0.4, 0.5) is 15.4 Å². The molecule has 0 aliphatic heterocycles. The maximum absolute atomic E-state index is 12.6. The molecule has 0 N–H and O–H groups in total. The highest BCUT2D eigenvalue weighted by Crippen LogP contribution is 2.23. The SMILES string of the molecule is Cc1cc(N(C(=O)OC(C)(C)C)C(=O)OC(C)(C)C)nc(C)c1C#N. The number of hydrogen-bond donors (Lipinski definition) is 0. The van der Waals surface area contributed by atoms with Crippen molar-refractivity contribution >= 4 is 18.0 Å². The van der Waals surface area contributed by atoms with E-state index in [9.17, 15) is 9.59 Å². The van der Waals surface area contributed by atoms with Gasteiger partial charge in [0.05, 0.1) is 11.3 Å². The highest BCUT2D eigenvalue weighted by atomic mass is 16.6. The molecule has 0 spiro atoms. The lowest BCUT2D eigenvalue weighted by atomic mass is 10.1. The molecule has 25 heavy (non-hydrogen) atoms. The Bertz CT molecular complexity index is 670. The van der Waals surface area contributed by atoms with Crippen molar-refractivity contribution in [1.29, 1.82) is 5.26 Å². The van der Waals surface area contributed by atoms with Crippen molar-refractivity contribution < 1.29 is 19.1 Å². The molecule has 0 aromatic carbocycles. The van der Waals surface area contributed by atoms with Crippen molar-refractivity contribution in [3.63, 3.8) is 0 Å². The van der Waals surface area contributed by atoms with E-state index in [1.165, 1.54) is 6.07 Å². The largest absolute Gasteiger partial charge is 0.443 e. The molecule has 0 aliphatic carbocycles. The molecule has 0 aliphatic rings. The van der Waals surface area contributed by atoms with Crippen molar-refractivity contribution in [3.05, 3.63) is 22.9 Å².